The van der Waals surface area contributed by atoms with Gasteiger partial charge in [-0.05, 0) is 92.3 Å². The van der Waals surface area contributed by atoms with Gasteiger partial charge in [-0.25, -0.2) is 4.39 Å². The lowest BCUT2D eigenvalue weighted by molar-refractivity contribution is -0.164. The second-order valence-corrected chi connectivity index (χ2v) is 9.61. The SMILES string of the molecule is CC(C)C12CC(CC(C)C34CCC(C3)C4)CC(F)(C1)C2. The Morgan fingerprint density at radius 3 is 2.25 bits per heavy atom. The fourth-order valence-corrected chi connectivity index (χ4v) is 6.86. The quantitative estimate of drug-likeness (QED) is 0.613. The largest absolute Gasteiger partial charge is 0.244 e. The van der Waals surface area contributed by atoms with Crippen molar-refractivity contribution in [2.75, 3.05) is 0 Å². The van der Waals surface area contributed by atoms with Gasteiger partial charge in [0.15, 0.2) is 0 Å². The van der Waals surface area contributed by atoms with Crippen LogP contribution < -0.4 is 0 Å². The molecule has 0 aromatic rings. The first kappa shape index (κ1) is 13.6. The predicted molar refractivity (Wildman–Crippen MR) is 81.2 cm³/mol. The first-order valence-corrected chi connectivity index (χ1v) is 9.04. The Bertz CT molecular complexity index is 392. The van der Waals surface area contributed by atoms with Crippen LogP contribution in [0.1, 0.15) is 78.6 Å². The molecule has 0 amide bonds. The molecule has 0 N–H and O–H groups in total. The van der Waals surface area contributed by atoms with Gasteiger partial charge in [0.1, 0.15) is 5.67 Å². The predicted octanol–water partition coefficient (Wildman–Crippen LogP) is 5.76. The summed E-state index contributed by atoms with van der Waals surface area (Å²) in [5.74, 6) is 3.25. The van der Waals surface area contributed by atoms with Crippen molar-refractivity contribution in [3.05, 3.63) is 0 Å². The summed E-state index contributed by atoms with van der Waals surface area (Å²) in [5.41, 5.74) is 0.288. The lowest BCUT2D eigenvalue weighted by Gasteiger charge is -2.62. The molecule has 2 atom stereocenters. The summed E-state index contributed by atoms with van der Waals surface area (Å²) < 4.78 is 14.7. The van der Waals surface area contributed by atoms with E-state index in [0.717, 1.165) is 31.1 Å². The molecule has 6 aliphatic carbocycles. The van der Waals surface area contributed by atoms with E-state index in [1.807, 2.05) is 0 Å². The number of alkyl halides is 1. The van der Waals surface area contributed by atoms with Crippen LogP contribution >= 0.6 is 0 Å². The highest BCUT2D eigenvalue weighted by molar-refractivity contribution is 5.12. The topological polar surface area (TPSA) is 0 Å². The van der Waals surface area contributed by atoms with Crippen molar-refractivity contribution in [2.45, 2.75) is 84.2 Å². The molecule has 2 unspecified atom stereocenters. The molecule has 0 spiro atoms. The lowest BCUT2D eigenvalue weighted by atomic mass is 9.45. The van der Waals surface area contributed by atoms with Gasteiger partial charge in [0.2, 0.25) is 0 Å². The molecule has 20 heavy (non-hydrogen) atoms. The van der Waals surface area contributed by atoms with Gasteiger partial charge in [0.25, 0.3) is 0 Å². The summed E-state index contributed by atoms with van der Waals surface area (Å²) in [6.07, 6.45) is 11.2. The maximum atomic E-state index is 14.7. The van der Waals surface area contributed by atoms with Crippen molar-refractivity contribution in [2.24, 2.45) is 34.5 Å². The van der Waals surface area contributed by atoms with E-state index in [9.17, 15) is 4.39 Å². The molecule has 6 saturated carbocycles. The maximum Gasteiger partial charge on any atom is 0.112 e. The summed E-state index contributed by atoms with van der Waals surface area (Å²) in [4.78, 5) is 0. The zero-order valence-electron chi connectivity index (χ0n) is 13.6. The summed E-state index contributed by atoms with van der Waals surface area (Å²) in [7, 11) is 0. The van der Waals surface area contributed by atoms with E-state index < -0.39 is 5.67 Å². The second-order valence-electron chi connectivity index (χ2n) is 9.61. The molecular formula is C19H31F. The van der Waals surface area contributed by atoms with Crippen LogP contribution in [-0.2, 0) is 0 Å². The zero-order valence-corrected chi connectivity index (χ0v) is 13.6. The third kappa shape index (κ3) is 1.77. The number of fused-ring (bicyclic) bond motifs is 3. The van der Waals surface area contributed by atoms with Crippen LogP contribution in [0.15, 0.2) is 0 Å². The summed E-state index contributed by atoms with van der Waals surface area (Å²) in [6.45, 7) is 7.11. The average molecular weight is 278 g/mol. The minimum absolute atomic E-state index is 0.368. The van der Waals surface area contributed by atoms with Crippen molar-refractivity contribution in [1.29, 1.82) is 0 Å². The molecule has 4 bridgehead atoms. The maximum absolute atomic E-state index is 14.7. The van der Waals surface area contributed by atoms with E-state index in [4.69, 9.17) is 0 Å². The standard InChI is InChI=1S/C19H31F/c1-13(2)18-9-16(10-19(20,11-18)12-18)6-14(3)17-5-4-15(7-17)8-17/h13-16H,4-12H2,1-3H3. The molecule has 6 aliphatic rings. The third-order valence-corrected chi connectivity index (χ3v) is 8.09. The number of halogens is 1. The Morgan fingerprint density at radius 1 is 1.00 bits per heavy atom. The van der Waals surface area contributed by atoms with E-state index in [-0.39, 0.29) is 0 Å². The van der Waals surface area contributed by atoms with Crippen LogP contribution in [0.3, 0.4) is 0 Å². The van der Waals surface area contributed by atoms with E-state index in [0.29, 0.717) is 22.7 Å². The van der Waals surface area contributed by atoms with Gasteiger partial charge in [-0.15, -0.1) is 0 Å². The minimum Gasteiger partial charge on any atom is -0.244 e. The van der Waals surface area contributed by atoms with Gasteiger partial charge in [0.05, 0.1) is 0 Å². The number of hydrogen-bond acceptors (Lipinski definition) is 0. The normalized spacial score (nSPS) is 54.5. The van der Waals surface area contributed by atoms with E-state index in [2.05, 4.69) is 20.8 Å². The van der Waals surface area contributed by atoms with Crippen LogP contribution in [0.25, 0.3) is 0 Å². The van der Waals surface area contributed by atoms with Gasteiger partial charge >= 0.3 is 0 Å². The highest BCUT2D eigenvalue weighted by Gasteiger charge is 2.62. The Labute approximate surface area is 123 Å². The molecule has 6 rings (SSSR count). The fraction of sp³-hybridized carbons (Fsp3) is 1.00. The Balaban J connectivity index is 1.42. The van der Waals surface area contributed by atoms with Gasteiger partial charge in [-0.1, -0.05) is 20.8 Å². The van der Waals surface area contributed by atoms with Crippen molar-refractivity contribution in [3.8, 4) is 0 Å². The summed E-state index contributed by atoms with van der Waals surface area (Å²) in [6, 6.07) is 0. The molecule has 0 radical (unpaired) electrons. The van der Waals surface area contributed by atoms with Crippen molar-refractivity contribution in [1.82, 2.24) is 0 Å². The molecule has 1 heteroatoms. The van der Waals surface area contributed by atoms with E-state index in [1.54, 1.807) is 0 Å². The average Bonchev–Trinajstić information content (AvgIpc) is 2.85. The van der Waals surface area contributed by atoms with Crippen LogP contribution in [0.5, 0.6) is 0 Å². The number of rotatable bonds is 4. The highest BCUT2D eigenvalue weighted by atomic mass is 19.1. The molecule has 0 saturated heterocycles. The lowest BCUT2D eigenvalue weighted by Crippen LogP contribution is -2.58. The Kier molecular flexibility index (Phi) is 2.73. The fourth-order valence-electron chi connectivity index (χ4n) is 6.86. The monoisotopic (exact) mass is 278 g/mol. The molecule has 6 fully saturated rings. The molecule has 0 heterocycles. The molecule has 0 aromatic heterocycles. The van der Waals surface area contributed by atoms with Crippen LogP contribution in [0.4, 0.5) is 4.39 Å². The first-order chi connectivity index (χ1) is 9.35. The van der Waals surface area contributed by atoms with Crippen LogP contribution in [0, 0.1) is 34.5 Å². The third-order valence-electron chi connectivity index (χ3n) is 8.09. The Morgan fingerprint density at radius 2 is 1.70 bits per heavy atom. The van der Waals surface area contributed by atoms with Gasteiger partial charge in [0, 0.05) is 0 Å². The van der Waals surface area contributed by atoms with Gasteiger partial charge in [-0.2, -0.15) is 0 Å². The molecule has 114 valence electrons. The first-order valence-electron chi connectivity index (χ1n) is 9.04. The van der Waals surface area contributed by atoms with Crippen LogP contribution in [0.2, 0.25) is 0 Å². The molecule has 0 nitrogen and oxygen atoms in total. The second kappa shape index (κ2) is 4.02. The zero-order chi connectivity index (χ0) is 14.2. The van der Waals surface area contributed by atoms with Crippen molar-refractivity contribution < 1.29 is 4.39 Å². The van der Waals surface area contributed by atoms with Crippen LogP contribution in [-0.4, -0.2) is 5.67 Å². The number of hydrogen-bond donors (Lipinski definition) is 0. The highest BCUT2D eigenvalue weighted by Crippen LogP contribution is 2.68. The van der Waals surface area contributed by atoms with Gasteiger partial charge < -0.3 is 0 Å². The van der Waals surface area contributed by atoms with E-state index >= 15 is 0 Å². The van der Waals surface area contributed by atoms with Gasteiger partial charge in [-0.3, -0.25) is 0 Å². The van der Waals surface area contributed by atoms with E-state index in [1.165, 1.54) is 38.5 Å². The van der Waals surface area contributed by atoms with Crippen molar-refractivity contribution >= 4 is 0 Å². The summed E-state index contributed by atoms with van der Waals surface area (Å²) >= 11 is 0. The smallest absolute Gasteiger partial charge is 0.112 e. The molecular weight excluding hydrogens is 247 g/mol. The van der Waals surface area contributed by atoms with Crippen molar-refractivity contribution in [3.63, 3.8) is 0 Å². The molecule has 0 aromatic carbocycles. The summed E-state index contributed by atoms with van der Waals surface area (Å²) in [5, 5.41) is 0. The molecule has 0 aliphatic heterocycles. The minimum atomic E-state index is -0.775. The Hall–Kier alpha value is -0.0700.